The molecule has 0 spiro atoms. The molecular weight excluding hydrogens is 376 g/mol. The van der Waals surface area contributed by atoms with Gasteiger partial charge >= 0.3 is 0 Å². The highest BCUT2D eigenvalue weighted by molar-refractivity contribution is 5.34. The van der Waals surface area contributed by atoms with Crippen LogP contribution in [-0.4, -0.2) is 11.7 Å². The zero-order chi connectivity index (χ0) is 23.5. The molecule has 0 aliphatic heterocycles. The molecule has 0 radical (unpaired) electrons. The van der Waals surface area contributed by atoms with E-state index in [9.17, 15) is 0 Å². The van der Waals surface area contributed by atoms with Crippen molar-refractivity contribution in [3.05, 3.63) is 119 Å². The predicted octanol–water partition coefficient (Wildman–Crippen LogP) is 8.68. The lowest BCUT2D eigenvalue weighted by Gasteiger charge is -2.00. The van der Waals surface area contributed by atoms with Crippen LogP contribution < -0.4 is 0 Å². The van der Waals surface area contributed by atoms with Gasteiger partial charge in [-0.05, 0) is 78.0 Å². The summed E-state index contributed by atoms with van der Waals surface area (Å²) in [6.07, 6.45) is 31.2. The van der Waals surface area contributed by atoms with E-state index in [4.69, 9.17) is 5.11 Å². The van der Waals surface area contributed by atoms with E-state index in [2.05, 4.69) is 78.0 Å². The van der Waals surface area contributed by atoms with Crippen molar-refractivity contribution in [2.75, 3.05) is 6.61 Å². The summed E-state index contributed by atoms with van der Waals surface area (Å²) in [5.74, 6) is 0. The fourth-order valence-corrected chi connectivity index (χ4v) is 2.34. The zero-order valence-corrected chi connectivity index (χ0v) is 20.7. The predicted molar refractivity (Wildman–Crippen MR) is 141 cm³/mol. The van der Waals surface area contributed by atoms with Crippen LogP contribution in [0.15, 0.2) is 119 Å². The van der Waals surface area contributed by atoms with E-state index in [0.717, 1.165) is 24.0 Å². The molecule has 1 heteroatoms. The third kappa shape index (κ3) is 17.9. The van der Waals surface area contributed by atoms with Crippen molar-refractivity contribution in [2.45, 2.75) is 61.3 Å². The Bertz CT molecular complexity index is 824. The highest BCUT2D eigenvalue weighted by Crippen LogP contribution is 2.12. The average molecular weight is 419 g/mol. The molecule has 0 aliphatic carbocycles. The second-order valence-corrected chi connectivity index (χ2v) is 8.13. The molecule has 168 valence electrons. The molecule has 0 amide bonds. The maximum absolute atomic E-state index is 8.95. The first-order chi connectivity index (χ1) is 14.8. The van der Waals surface area contributed by atoms with Crippen molar-refractivity contribution in [2.24, 2.45) is 0 Å². The lowest BCUT2D eigenvalue weighted by molar-refractivity contribution is 0.331. The summed E-state index contributed by atoms with van der Waals surface area (Å²) in [7, 11) is 0. The molecule has 0 saturated carbocycles. The molecule has 0 fully saturated rings. The molecule has 0 bridgehead atoms. The van der Waals surface area contributed by atoms with Crippen LogP contribution in [0, 0.1) is 0 Å². The van der Waals surface area contributed by atoms with Crippen molar-refractivity contribution in [1.82, 2.24) is 0 Å². The molecular formula is C30H42O. The fraction of sp³-hybridized carbons (Fsp3) is 0.333. The van der Waals surface area contributed by atoms with Crippen LogP contribution in [0.1, 0.15) is 61.3 Å². The summed E-state index contributed by atoms with van der Waals surface area (Å²) >= 11 is 0. The second-order valence-electron chi connectivity index (χ2n) is 8.13. The molecule has 1 N–H and O–H groups in total. The highest BCUT2D eigenvalue weighted by atomic mass is 16.3. The smallest absolute Gasteiger partial charge is 0.0642 e. The van der Waals surface area contributed by atoms with Gasteiger partial charge in [-0.15, -0.1) is 0 Å². The van der Waals surface area contributed by atoms with Gasteiger partial charge in [-0.25, -0.2) is 0 Å². The minimum atomic E-state index is 0.101. The number of aliphatic hydroxyl groups is 1. The highest BCUT2D eigenvalue weighted by Gasteiger charge is 1.91. The van der Waals surface area contributed by atoms with E-state index in [0.29, 0.717) is 0 Å². The largest absolute Gasteiger partial charge is 0.392 e. The number of hydrogen-bond acceptors (Lipinski definition) is 1. The van der Waals surface area contributed by atoms with Crippen LogP contribution in [0.5, 0.6) is 0 Å². The minimum Gasteiger partial charge on any atom is -0.392 e. The summed E-state index contributed by atoms with van der Waals surface area (Å²) < 4.78 is 0. The first-order valence-corrected chi connectivity index (χ1v) is 11.0. The Hall–Kier alpha value is -2.64. The van der Waals surface area contributed by atoms with Crippen molar-refractivity contribution < 1.29 is 5.11 Å². The van der Waals surface area contributed by atoms with Crippen molar-refractivity contribution in [3.8, 4) is 0 Å². The van der Waals surface area contributed by atoms with Crippen LogP contribution in [-0.2, 0) is 0 Å². The summed E-state index contributed by atoms with van der Waals surface area (Å²) in [5, 5.41) is 8.95. The van der Waals surface area contributed by atoms with E-state index in [1.807, 2.05) is 55.5 Å². The summed E-state index contributed by atoms with van der Waals surface area (Å²) in [6, 6.07) is 0. The van der Waals surface area contributed by atoms with Crippen LogP contribution in [0.3, 0.4) is 0 Å². The fourth-order valence-electron chi connectivity index (χ4n) is 2.34. The molecule has 0 saturated heterocycles. The molecule has 0 rings (SSSR count). The number of allylic oxidation sites excluding steroid dienone is 19. The van der Waals surface area contributed by atoms with E-state index >= 15 is 0 Å². The Kier molecular flexibility index (Phi) is 16.6. The minimum absolute atomic E-state index is 0.101. The van der Waals surface area contributed by atoms with Gasteiger partial charge in [0.15, 0.2) is 0 Å². The summed E-state index contributed by atoms with van der Waals surface area (Å²) in [5.41, 5.74) is 7.45. The van der Waals surface area contributed by atoms with Crippen LogP contribution >= 0.6 is 0 Å². The van der Waals surface area contributed by atoms with Crippen LogP contribution in [0.4, 0.5) is 0 Å². The van der Waals surface area contributed by atoms with Crippen LogP contribution in [0.2, 0.25) is 0 Å². The molecule has 31 heavy (non-hydrogen) atoms. The van der Waals surface area contributed by atoms with E-state index in [1.165, 1.54) is 22.3 Å². The van der Waals surface area contributed by atoms with Crippen molar-refractivity contribution in [3.63, 3.8) is 0 Å². The molecule has 0 aromatic heterocycles. The SMILES string of the molecule is CC(C)=CCCC(C)=CC=C(C)C(C)=CC=CC=CC=CC=C(C)C=CC=C(C)CO. The Labute approximate surface area is 191 Å². The van der Waals surface area contributed by atoms with Gasteiger partial charge in [0.2, 0.25) is 0 Å². The third-order valence-electron chi connectivity index (χ3n) is 4.58. The van der Waals surface area contributed by atoms with Crippen molar-refractivity contribution >= 4 is 0 Å². The Morgan fingerprint density at radius 2 is 1.16 bits per heavy atom. The van der Waals surface area contributed by atoms with E-state index < -0.39 is 0 Å². The van der Waals surface area contributed by atoms with Gasteiger partial charge < -0.3 is 5.11 Å². The first-order valence-electron chi connectivity index (χ1n) is 11.0. The normalized spacial score (nSPS) is 15.3. The van der Waals surface area contributed by atoms with E-state index in [1.54, 1.807) is 0 Å². The zero-order valence-electron chi connectivity index (χ0n) is 20.7. The molecule has 0 aromatic carbocycles. The van der Waals surface area contributed by atoms with Gasteiger partial charge in [0, 0.05) is 0 Å². The van der Waals surface area contributed by atoms with Gasteiger partial charge in [0.05, 0.1) is 6.61 Å². The third-order valence-corrected chi connectivity index (χ3v) is 4.58. The number of hydrogen-bond donors (Lipinski definition) is 1. The van der Waals surface area contributed by atoms with Gasteiger partial charge in [-0.2, -0.15) is 0 Å². The number of rotatable bonds is 12. The first kappa shape index (κ1) is 28.4. The molecule has 1 nitrogen and oxygen atoms in total. The maximum atomic E-state index is 8.95. The molecule has 0 aliphatic rings. The van der Waals surface area contributed by atoms with Gasteiger partial charge in [-0.1, -0.05) is 102 Å². The maximum Gasteiger partial charge on any atom is 0.0642 e. The summed E-state index contributed by atoms with van der Waals surface area (Å²) in [4.78, 5) is 0. The van der Waals surface area contributed by atoms with Gasteiger partial charge in [0.1, 0.15) is 0 Å². The average Bonchev–Trinajstić information content (AvgIpc) is 2.73. The Balaban J connectivity index is 4.59. The summed E-state index contributed by atoms with van der Waals surface area (Å²) in [6.45, 7) is 14.8. The van der Waals surface area contributed by atoms with Crippen LogP contribution in [0.25, 0.3) is 0 Å². The quantitative estimate of drug-likeness (QED) is 0.248. The van der Waals surface area contributed by atoms with Crippen molar-refractivity contribution in [1.29, 1.82) is 0 Å². The topological polar surface area (TPSA) is 20.2 Å². The number of aliphatic hydroxyl groups excluding tert-OH is 1. The van der Waals surface area contributed by atoms with E-state index in [-0.39, 0.29) is 6.61 Å². The Morgan fingerprint density at radius 3 is 1.77 bits per heavy atom. The monoisotopic (exact) mass is 418 g/mol. The lowest BCUT2D eigenvalue weighted by atomic mass is 10.1. The molecule has 0 unspecified atom stereocenters. The van der Waals surface area contributed by atoms with Gasteiger partial charge in [0.25, 0.3) is 0 Å². The Morgan fingerprint density at radius 1 is 0.581 bits per heavy atom. The molecule has 0 heterocycles. The standard InChI is InChI=1S/C30H42O/c1-25(2)16-14-18-27(4)22-23-30(7)29(6)21-13-11-9-8-10-12-17-26(3)19-15-20-28(5)24-31/h8-13,15-17,19-23,31H,14,18,24H2,1-7H3. The lowest BCUT2D eigenvalue weighted by Crippen LogP contribution is -1.81. The molecule has 0 atom stereocenters. The van der Waals surface area contributed by atoms with Gasteiger partial charge in [-0.3, -0.25) is 0 Å². The second kappa shape index (κ2) is 18.2. The molecule has 0 aromatic rings.